The largest absolute Gasteiger partial charge is 0.495 e. The molecule has 1 aliphatic rings. The summed E-state index contributed by atoms with van der Waals surface area (Å²) in [6, 6.07) is 4.87. The van der Waals surface area contributed by atoms with Crippen molar-refractivity contribution in [2.45, 2.75) is 37.2 Å². The average molecular weight is 391 g/mol. The molecule has 25 heavy (non-hydrogen) atoms. The number of benzene rings is 1. The van der Waals surface area contributed by atoms with Crippen molar-refractivity contribution in [1.82, 2.24) is 9.21 Å². The fourth-order valence-corrected chi connectivity index (χ4v) is 5.24. The number of nitrogens with zero attached hydrogens (tertiary/aromatic N) is 2. The van der Waals surface area contributed by atoms with Gasteiger partial charge in [0.05, 0.1) is 17.0 Å². The van der Waals surface area contributed by atoms with E-state index in [-0.39, 0.29) is 17.0 Å². The molecule has 1 saturated heterocycles. The first-order valence-corrected chi connectivity index (χ1v) is 10.2. The minimum atomic E-state index is -3.58. The van der Waals surface area contributed by atoms with Crippen LogP contribution >= 0.6 is 11.6 Å². The minimum Gasteiger partial charge on any atom is -0.495 e. The fraction of sp³-hybridized carbons (Fsp3) is 0.647. The van der Waals surface area contributed by atoms with E-state index in [1.54, 1.807) is 23.5 Å². The van der Waals surface area contributed by atoms with Gasteiger partial charge in [-0.3, -0.25) is 4.90 Å². The molecule has 1 aliphatic heterocycles. The molecule has 1 aromatic carbocycles. The molecule has 142 valence electrons. The summed E-state index contributed by atoms with van der Waals surface area (Å²) in [7, 11) is -0.389. The van der Waals surface area contributed by atoms with Crippen molar-refractivity contribution in [3.63, 3.8) is 0 Å². The Labute approximate surface area is 155 Å². The van der Waals surface area contributed by atoms with Crippen LogP contribution in [0.25, 0.3) is 0 Å². The smallest absolute Gasteiger partial charge is 0.243 e. The third-order valence-electron chi connectivity index (χ3n) is 4.59. The summed E-state index contributed by atoms with van der Waals surface area (Å²) in [5.41, 5.74) is 0. The molecule has 8 heteroatoms. The van der Waals surface area contributed by atoms with E-state index >= 15 is 0 Å². The molecule has 0 spiro atoms. The van der Waals surface area contributed by atoms with Gasteiger partial charge in [-0.25, -0.2) is 8.42 Å². The summed E-state index contributed by atoms with van der Waals surface area (Å²) < 4.78 is 37.7. The van der Waals surface area contributed by atoms with Gasteiger partial charge in [-0.1, -0.05) is 11.6 Å². The second kappa shape index (κ2) is 8.68. The van der Waals surface area contributed by atoms with Crippen LogP contribution in [0.4, 0.5) is 0 Å². The number of ether oxygens (including phenoxy) is 2. The van der Waals surface area contributed by atoms with Gasteiger partial charge >= 0.3 is 0 Å². The number of halogens is 1. The topological polar surface area (TPSA) is 59.1 Å². The van der Waals surface area contributed by atoms with Crippen molar-refractivity contribution in [3.05, 3.63) is 23.2 Å². The first-order valence-electron chi connectivity index (χ1n) is 8.39. The predicted molar refractivity (Wildman–Crippen MR) is 98.9 cm³/mol. The van der Waals surface area contributed by atoms with E-state index in [9.17, 15) is 8.42 Å². The Kier molecular flexibility index (Phi) is 7.10. The van der Waals surface area contributed by atoms with E-state index in [2.05, 4.69) is 18.7 Å². The van der Waals surface area contributed by atoms with E-state index in [1.165, 1.54) is 13.2 Å². The number of hydrogen-bond acceptors (Lipinski definition) is 5. The molecular weight excluding hydrogens is 364 g/mol. The molecule has 6 nitrogen and oxygen atoms in total. The second-order valence-electron chi connectivity index (χ2n) is 6.40. The Morgan fingerprint density at radius 2 is 1.84 bits per heavy atom. The van der Waals surface area contributed by atoms with Crippen LogP contribution in [-0.4, -0.2) is 70.2 Å². The Morgan fingerprint density at radius 1 is 1.20 bits per heavy atom. The van der Waals surface area contributed by atoms with Gasteiger partial charge in [0.15, 0.2) is 0 Å². The van der Waals surface area contributed by atoms with Gasteiger partial charge in [0.1, 0.15) is 5.75 Å². The maximum Gasteiger partial charge on any atom is 0.243 e. The lowest BCUT2D eigenvalue weighted by Gasteiger charge is -2.43. The zero-order valence-corrected chi connectivity index (χ0v) is 16.8. The van der Waals surface area contributed by atoms with E-state index in [0.717, 1.165) is 13.0 Å². The molecule has 0 aromatic heterocycles. The van der Waals surface area contributed by atoms with Crippen molar-refractivity contribution in [1.29, 1.82) is 0 Å². The average Bonchev–Trinajstić information content (AvgIpc) is 2.57. The van der Waals surface area contributed by atoms with Crippen LogP contribution in [0, 0.1) is 0 Å². The number of rotatable bonds is 7. The summed E-state index contributed by atoms with van der Waals surface area (Å²) >= 11 is 6.10. The fourth-order valence-electron chi connectivity index (χ4n) is 3.29. The molecule has 2 atom stereocenters. The lowest BCUT2D eigenvalue weighted by atomic mass is 10.1. The first kappa shape index (κ1) is 20.5. The summed E-state index contributed by atoms with van der Waals surface area (Å²) in [4.78, 5) is 2.54. The molecule has 1 aromatic rings. The van der Waals surface area contributed by atoms with Gasteiger partial charge in [0, 0.05) is 45.4 Å². The van der Waals surface area contributed by atoms with Gasteiger partial charge in [-0.2, -0.15) is 4.31 Å². The third kappa shape index (κ3) is 4.65. The lowest BCUT2D eigenvalue weighted by Crippen LogP contribution is -2.58. The van der Waals surface area contributed by atoms with Crippen LogP contribution in [0.3, 0.4) is 0 Å². The molecule has 0 radical (unpaired) electrons. The highest BCUT2D eigenvalue weighted by molar-refractivity contribution is 7.89. The molecular formula is C17H27ClN2O4S. The highest BCUT2D eigenvalue weighted by Gasteiger charge is 2.36. The third-order valence-corrected chi connectivity index (χ3v) is 6.72. The Morgan fingerprint density at radius 3 is 2.36 bits per heavy atom. The first-order chi connectivity index (χ1) is 11.8. The van der Waals surface area contributed by atoms with E-state index in [0.29, 0.717) is 30.5 Å². The summed E-state index contributed by atoms with van der Waals surface area (Å²) in [5.74, 6) is 0.463. The highest BCUT2D eigenvalue weighted by Crippen LogP contribution is 2.30. The Hall–Kier alpha value is -0.860. The molecule has 0 amide bonds. The number of piperazine rings is 1. The number of sulfonamides is 1. The van der Waals surface area contributed by atoms with Crippen molar-refractivity contribution in [2.24, 2.45) is 0 Å². The summed E-state index contributed by atoms with van der Waals surface area (Å²) in [6.45, 7) is 6.66. The van der Waals surface area contributed by atoms with Crippen molar-refractivity contribution < 1.29 is 17.9 Å². The van der Waals surface area contributed by atoms with Crippen molar-refractivity contribution in [3.8, 4) is 5.75 Å². The van der Waals surface area contributed by atoms with E-state index in [1.807, 2.05) is 0 Å². The van der Waals surface area contributed by atoms with Crippen LogP contribution in [0.2, 0.25) is 5.02 Å². The molecule has 0 bridgehead atoms. The summed E-state index contributed by atoms with van der Waals surface area (Å²) in [5, 5.41) is 0.294. The van der Waals surface area contributed by atoms with E-state index in [4.69, 9.17) is 21.1 Å². The van der Waals surface area contributed by atoms with Crippen LogP contribution in [0.15, 0.2) is 23.1 Å². The van der Waals surface area contributed by atoms with Gasteiger partial charge < -0.3 is 9.47 Å². The number of hydrogen-bond donors (Lipinski definition) is 0. The molecule has 0 N–H and O–H groups in total. The maximum atomic E-state index is 13.0. The molecule has 0 saturated carbocycles. The monoisotopic (exact) mass is 390 g/mol. The minimum absolute atomic E-state index is 0.143. The normalized spacial score (nSPS) is 22.9. The molecule has 2 rings (SSSR count). The number of methoxy groups -OCH3 is 2. The zero-order chi connectivity index (χ0) is 18.6. The van der Waals surface area contributed by atoms with Gasteiger partial charge in [-0.05, 0) is 38.5 Å². The SMILES string of the molecule is COCCCN1C(C)CN(S(=O)(=O)c2ccc(OC)c(Cl)c2)CC1C. The van der Waals surface area contributed by atoms with Crippen LogP contribution in [-0.2, 0) is 14.8 Å². The molecule has 1 heterocycles. The second-order valence-corrected chi connectivity index (χ2v) is 8.75. The van der Waals surface area contributed by atoms with Gasteiger partial charge in [0.25, 0.3) is 0 Å². The zero-order valence-electron chi connectivity index (χ0n) is 15.2. The Balaban J connectivity index is 2.14. The standard InChI is InChI=1S/C17H27ClN2O4S/c1-13-11-19(12-14(2)20(13)8-5-9-23-3)25(21,22)15-6-7-17(24-4)16(18)10-15/h6-7,10,13-14H,5,8-9,11-12H2,1-4H3. The van der Waals surface area contributed by atoms with Crippen LogP contribution in [0.5, 0.6) is 5.75 Å². The quantitative estimate of drug-likeness (QED) is 0.669. The lowest BCUT2D eigenvalue weighted by molar-refractivity contribution is 0.0666. The molecule has 0 aliphatic carbocycles. The van der Waals surface area contributed by atoms with Gasteiger partial charge in [0.2, 0.25) is 10.0 Å². The Bertz CT molecular complexity index is 671. The van der Waals surface area contributed by atoms with Crippen LogP contribution in [0.1, 0.15) is 20.3 Å². The maximum absolute atomic E-state index is 13.0. The van der Waals surface area contributed by atoms with Crippen molar-refractivity contribution >= 4 is 21.6 Å². The molecule has 2 unspecified atom stereocenters. The predicted octanol–water partition coefficient (Wildman–Crippen LogP) is 2.47. The van der Waals surface area contributed by atoms with Gasteiger partial charge in [-0.15, -0.1) is 0 Å². The highest BCUT2D eigenvalue weighted by atomic mass is 35.5. The molecule has 1 fully saturated rings. The van der Waals surface area contributed by atoms with E-state index < -0.39 is 10.0 Å². The summed E-state index contributed by atoms with van der Waals surface area (Å²) in [6.07, 6.45) is 0.937. The van der Waals surface area contributed by atoms with Crippen molar-refractivity contribution in [2.75, 3.05) is 40.5 Å². The van der Waals surface area contributed by atoms with Crippen LogP contribution < -0.4 is 4.74 Å².